The first-order chi connectivity index (χ1) is 16.8. The van der Waals surface area contributed by atoms with Crippen molar-refractivity contribution in [2.24, 2.45) is 0 Å². The second-order valence-corrected chi connectivity index (χ2v) is 10.2. The summed E-state index contributed by atoms with van der Waals surface area (Å²) in [7, 11) is 1.05. The molecule has 2 amide bonds. The summed E-state index contributed by atoms with van der Waals surface area (Å²) < 4.78 is 42.4. The summed E-state index contributed by atoms with van der Waals surface area (Å²) in [6.07, 6.45) is -3.72. The normalized spacial score (nSPS) is 23.8. The summed E-state index contributed by atoms with van der Waals surface area (Å²) >= 11 is 0. The van der Waals surface area contributed by atoms with E-state index in [-0.39, 0.29) is 30.1 Å². The number of aliphatic hydroxyl groups excluding tert-OH is 1. The molecule has 7 nitrogen and oxygen atoms in total. The molecule has 1 fully saturated rings. The van der Waals surface area contributed by atoms with Crippen molar-refractivity contribution in [3.8, 4) is 0 Å². The number of carbonyl (C=O) groups excluding carboxylic acids is 2. The number of nitrogens with one attached hydrogen (secondary N) is 1. The fourth-order valence-electron chi connectivity index (χ4n) is 5.42. The van der Waals surface area contributed by atoms with E-state index in [0.29, 0.717) is 10.6 Å². The maximum Gasteiger partial charge on any atom is 0.414 e. The van der Waals surface area contributed by atoms with Gasteiger partial charge in [-0.2, -0.15) is 13.2 Å². The molecule has 1 aromatic carbocycles. The van der Waals surface area contributed by atoms with E-state index >= 15 is 0 Å². The average molecular weight is 505 g/mol. The van der Waals surface area contributed by atoms with Crippen LogP contribution in [0.15, 0.2) is 42.6 Å². The Morgan fingerprint density at radius 3 is 2.50 bits per heavy atom. The van der Waals surface area contributed by atoms with Gasteiger partial charge < -0.3 is 20.2 Å². The highest BCUT2D eigenvalue weighted by Gasteiger charge is 2.49. The van der Waals surface area contributed by atoms with Crippen LogP contribution in [0.5, 0.6) is 0 Å². The number of aromatic nitrogens is 1. The smallest absolute Gasteiger partial charge is 0.391 e. The van der Waals surface area contributed by atoms with Crippen LogP contribution in [0.1, 0.15) is 50.1 Å². The molecule has 10 heteroatoms. The molecular formula is C26H31F3N4O3. The number of alkyl halides is 3. The molecular weight excluding hydrogens is 473 g/mol. The summed E-state index contributed by atoms with van der Waals surface area (Å²) in [4.78, 5) is 30.7. The molecule has 4 rings (SSSR count). The van der Waals surface area contributed by atoms with E-state index in [9.17, 15) is 27.9 Å². The minimum absolute atomic E-state index is 0.0385. The van der Waals surface area contributed by atoms with Gasteiger partial charge in [0.1, 0.15) is 6.04 Å². The highest BCUT2D eigenvalue weighted by molar-refractivity contribution is 5.87. The standard InChI is InChI=1S/C26H31F3N4O3/c1-15(34)33-14-18(35)12-21(33)24(36)32(4)23(26(27,28)29)20-10-9-17(13-30-20)31-22-11-16-7-5-6-8-19(16)25(22,2)3/h5-10,13,18,21-23,31,35H,11-12,14H2,1-4H3/t18-,21+,22+,23?/m1/s1. The van der Waals surface area contributed by atoms with Crippen LogP contribution in [0.2, 0.25) is 0 Å². The van der Waals surface area contributed by atoms with E-state index in [1.165, 1.54) is 30.3 Å². The summed E-state index contributed by atoms with van der Waals surface area (Å²) in [5.41, 5.74) is 2.55. The number of likely N-dealkylation sites (N-methyl/N-ethyl adjacent to an activating group) is 1. The van der Waals surface area contributed by atoms with Crippen LogP contribution in [-0.4, -0.2) is 69.7 Å². The van der Waals surface area contributed by atoms with Crippen molar-refractivity contribution in [3.63, 3.8) is 0 Å². The maximum atomic E-state index is 14.1. The Kier molecular flexibility index (Phi) is 6.76. The van der Waals surface area contributed by atoms with Crippen molar-refractivity contribution in [3.05, 3.63) is 59.4 Å². The van der Waals surface area contributed by atoms with E-state index < -0.39 is 36.2 Å². The lowest BCUT2D eigenvalue weighted by molar-refractivity contribution is -0.191. The van der Waals surface area contributed by atoms with Crippen LogP contribution in [0, 0.1) is 0 Å². The van der Waals surface area contributed by atoms with Gasteiger partial charge in [0.25, 0.3) is 0 Å². The zero-order chi connectivity index (χ0) is 26.4. The Hall–Kier alpha value is -3.14. The van der Waals surface area contributed by atoms with Gasteiger partial charge in [0.05, 0.1) is 23.7 Å². The molecule has 36 heavy (non-hydrogen) atoms. The monoisotopic (exact) mass is 504 g/mol. The quantitative estimate of drug-likeness (QED) is 0.652. The number of fused-ring (bicyclic) bond motifs is 1. The third kappa shape index (κ3) is 4.78. The van der Waals surface area contributed by atoms with Crippen LogP contribution in [0.3, 0.4) is 0 Å². The average Bonchev–Trinajstić information content (AvgIpc) is 3.31. The molecule has 2 N–H and O–H groups in total. The Morgan fingerprint density at radius 1 is 1.22 bits per heavy atom. The van der Waals surface area contributed by atoms with Crippen molar-refractivity contribution >= 4 is 17.5 Å². The SMILES string of the molecule is CC(=O)N1C[C@H](O)C[C@H]1C(=O)N(C)C(c1ccc(N[C@H]2Cc3ccccc3C2(C)C)cn1)C(F)(F)F. The molecule has 2 aromatic rings. The van der Waals surface area contributed by atoms with E-state index in [1.807, 2.05) is 12.1 Å². The number of amides is 2. The highest BCUT2D eigenvalue weighted by atomic mass is 19.4. The van der Waals surface area contributed by atoms with Gasteiger partial charge in [0, 0.05) is 38.4 Å². The Morgan fingerprint density at radius 2 is 1.92 bits per heavy atom. The molecule has 4 atom stereocenters. The Labute approximate surface area is 208 Å². The lowest BCUT2D eigenvalue weighted by Crippen LogP contribution is -2.49. The number of halogens is 3. The molecule has 0 bridgehead atoms. The number of anilines is 1. The lowest BCUT2D eigenvalue weighted by Gasteiger charge is -2.33. The third-order valence-electron chi connectivity index (χ3n) is 7.43. The number of hydrogen-bond acceptors (Lipinski definition) is 5. The number of hydrogen-bond donors (Lipinski definition) is 2. The number of nitrogens with zero attached hydrogens (tertiary/aromatic N) is 3. The van der Waals surface area contributed by atoms with Crippen LogP contribution in [0.25, 0.3) is 0 Å². The largest absolute Gasteiger partial charge is 0.414 e. The Balaban J connectivity index is 1.53. The van der Waals surface area contributed by atoms with Crippen molar-refractivity contribution in [2.45, 2.75) is 69.4 Å². The van der Waals surface area contributed by atoms with Crippen LogP contribution >= 0.6 is 0 Å². The molecule has 1 saturated heterocycles. The summed E-state index contributed by atoms with van der Waals surface area (Å²) in [6.45, 7) is 5.39. The molecule has 1 aromatic heterocycles. The van der Waals surface area contributed by atoms with E-state index in [2.05, 4.69) is 36.3 Å². The predicted molar refractivity (Wildman–Crippen MR) is 128 cm³/mol. The second kappa shape index (κ2) is 9.38. The zero-order valence-corrected chi connectivity index (χ0v) is 20.7. The minimum Gasteiger partial charge on any atom is -0.391 e. The van der Waals surface area contributed by atoms with Crippen LogP contribution < -0.4 is 5.32 Å². The fraction of sp³-hybridized carbons (Fsp3) is 0.500. The highest BCUT2D eigenvalue weighted by Crippen LogP contribution is 2.41. The molecule has 1 aliphatic carbocycles. The fourth-order valence-corrected chi connectivity index (χ4v) is 5.42. The number of rotatable bonds is 5. The van der Waals surface area contributed by atoms with Crippen molar-refractivity contribution in [1.82, 2.24) is 14.8 Å². The molecule has 1 aliphatic heterocycles. The van der Waals surface area contributed by atoms with Crippen molar-refractivity contribution < 1.29 is 27.9 Å². The molecule has 0 radical (unpaired) electrons. The molecule has 2 aliphatic rings. The number of likely N-dealkylation sites (tertiary alicyclic amines) is 1. The summed E-state index contributed by atoms with van der Waals surface area (Å²) in [6, 6.07) is 7.56. The van der Waals surface area contributed by atoms with Gasteiger partial charge in [-0.1, -0.05) is 38.1 Å². The Bertz CT molecular complexity index is 1140. The minimum atomic E-state index is -4.79. The topological polar surface area (TPSA) is 85.8 Å². The number of β-amino-alcohol motifs (C(OH)–C–C–N with tert-alkyl or cyclic N) is 1. The van der Waals surface area contributed by atoms with E-state index in [4.69, 9.17) is 0 Å². The van der Waals surface area contributed by atoms with Gasteiger partial charge >= 0.3 is 6.18 Å². The molecule has 1 unspecified atom stereocenters. The number of aliphatic hydroxyl groups is 1. The summed E-state index contributed by atoms with van der Waals surface area (Å²) in [5, 5.41) is 13.3. The second-order valence-electron chi connectivity index (χ2n) is 10.2. The van der Waals surface area contributed by atoms with Crippen molar-refractivity contribution in [1.29, 1.82) is 0 Å². The van der Waals surface area contributed by atoms with Crippen molar-refractivity contribution in [2.75, 3.05) is 18.9 Å². The van der Waals surface area contributed by atoms with Gasteiger partial charge in [-0.15, -0.1) is 0 Å². The van der Waals surface area contributed by atoms with Gasteiger partial charge in [-0.05, 0) is 29.7 Å². The molecule has 2 heterocycles. The first-order valence-electron chi connectivity index (χ1n) is 11.9. The number of carbonyl (C=O) groups is 2. The molecule has 0 saturated carbocycles. The lowest BCUT2D eigenvalue weighted by atomic mass is 9.83. The number of benzene rings is 1. The van der Waals surface area contributed by atoms with Gasteiger partial charge in [-0.25, -0.2) is 0 Å². The molecule has 194 valence electrons. The van der Waals surface area contributed by atoms with E-state index in [1.54, 1.807) is 6.07 Å². The van der Waals surface area contributed by atoms with Crippen LogP contribution in [-0.2, 0) is 21.4 Å². The maximum absolute atomic E-state index is 14.1. The zero-order valence-electron chi connectivity index (χ0n) is 20.7. The van der Waals surface area contributed by atoms with Gasteiger partial charge in [0.2, 0.25) is 11.8 Å². The van der Waals surface area contributed by atoms with Gasteiger partial charge in [-0.3, -0.25) is 14.6 Å². The first kappa shape index (κ1) is 25.9. The molecule has 0 spiro atoms. The van der Waals surface area contributed by atoms with Crippen LogP contribution in [0.4, 0.5) is 18.9 Å². The predicted octanol–water partition coefficient (Wildman–Crippen LogP) is 3.44. The van der Waals surface area contributed by atoms with Gasteiger partial charge in [0.15, 0.2) is 6.04 Å². The van der Waals surface area contributed by atoms with E-state index in [0.717, 1.165) is 18.4 Å². The number of pyridine rings is 1. The summed E-state index contributed by atoms with van der Waals surface area (Å²) in [5.74, 6) is -1.37. The third-order valence-corrected chi connectivity index (χ3v) is 7.43. The first-order valence-corrected chi connectivity index (χ1v) is 11.9.